The van der Waals surface area contributed by atoms with Crippen LogP contribution in [0.4, 0.5) is 0 Å². The van der Waals surface area contributed by atoms with Crippen LogP contribution in [0.3, 0.4) is 0 Å². The zero-order valence-electron chi connectivity index (χ0n) is 10.2. The molecule has 0 fully saturated rings. The summed E-state index contributed by atoms with van der Waals surface area (Å²) >= 11 is 0. The number of benzene rings is 1. The molecule has 84 valence electrons. The zero-order chi connectivity index (χ0) is 11.5. The van der Waals surface area contributed by atoms with Crippen LogP contribution in [0.25, 0.3) is 0 Å². The van der Waals surface area contributed by atoms with E-state index in [9.17, 15) is 0 Å². The minimum absolute atomic E-state index is 0.219. The van der Waals surface area contributed by atoms with Crippen LogP contribution >= 0.6 is 0 Å². The van der Waals surface area contributed by atoms with Crippen molar-refractivity contribution in [2.24, 2.45) is 0 Å². The normalized spacial score (nSPS) is 13.9. The molecule has 1 nitrogen and oxygen atoms in total. The second-order valence-electron chi connectivity index (χ2n) is 4.94. The van der Waals surface area contributed by atoms with Gasteiger partial charge in [-0.2, -0.15) is 0 Å². The molecule has 1 aromatic carbocycles. The van der Waals surface area contributed by atoms with E-state index in [0.717, 1.165) is 6.42 Å². The number of rotatable bonds is 4. The van der Waals surface area contributed by atoms with E-state index >= 15 is 0 Å². The molecule has 0 bridgehead atoms. The summed E-state index contributed by atoms with van der Waals surface area (Å²) in [5.41, 5.74) is 2.84. The Balaban J connectivity index is 2.90. The number of aliphatic hydroxyl groups excluding tert-OH is 1. The van der Waals surface area contributed by atoms with Gasteiger partial charge in [0.25, 0.3) is 0 Å². The molecular weight excluding hydrogens is 184 g/mol. The maximum absolute atomic E-state index is 9.06. The SMILES string of the molecule is CCC(C)(C)c1ccc(C(C)CO)cc1. The summed E-state index contributed by atoms with van der Waals surface area (Å²) in [4.78, 5) is 0. The van der Waals surface area contributed by atoms with E-state index in [4.69, 9.17) is 5.11 Å². The molecule has 0 saturated carbocycles. The van der Waals surface area contributed by atoms with Crippen LogP contribution in [0.1, 0.15) is 51.2 Å². The topological polar surface area (TPSA) is 20.2 Å². The third-order valence-corrected chi connectivity index (χ3v) is 3.42. The lowest BCUT2D eigenvalue weighted by Crippen LogP contribution is -2.15. The summed E-state index contributed by atoms with van der Waals surface area (Å²) in [6.07, 6.45) is 1.14. The highest BCUT2D eigenvalue weighted by Crippen LogP contribution is 2.27. The first-order valence-corrected chi connectivity index (χ1v) is 5.72. The molecule has 0 saturated heterocycles. The van der Waals surface area contributed by atoms with Crippen molar-refractivity contribution < 1.29 is 5.11 Å². The second kappa shape index (κ2) is 4.80. The average molecular weight is 206 g/mol. The smallest absolute Gasteiger partial charge is 0.0497 e. The summed E-state index contributed by atoms with van der Waals surface area (Å²) in [5, 5.41) is 9.06. The summed E-state index contributed by atoms with van der Waals surface area (Å²) in [7, 11) is 0. The zero-order valence-corrected chi connectivity index (χ0v) is 10.2. The van der Waals surface area contributed by atoms with Gasteiger partial charge in [0.05, 0.1) is 0 Å². The van der Waals surface area contributed by atoms with Gasteiger partial charge in [0, 0.05) is 12.5 Å². The minimum Gasteiger partial charge on any atom is -0.396 e. The Labute approximate surface area is 93.1 Å². The van der Waals surface area contributed by atoms with Gasteiger partial charge in [0.1, 0.15) is 0 Å². The Morgan fingerprint density at radius 1 is 1.20 bits per heavy atom. The monoisotopic (exact) mass is 206 g/mol. The fourth-order valence-electron chi connectivity index (χ4n) is 1.57. The first-order chi connectivity index (χ1) is 7.01. The molecule has 0 radical (unpaired) electrons. The first kappa shape index (κ1) is 12.3. The molecule has 0 aliphatic rings. The highest BCUT2D eigenvalue weighted by atomic mass is 16.3. The fraction of sp³-hybridized carbons (Fsp3) is 0.571. The summed E-state index contributed by atoms with van der Waals surface area (Å²) in [6.45, 7) is 9.00. The van der Waals surface area contributed by atoms with Crippen LogP contribution < -0.4 is 0 Å². The van der Waals surface area contributed by atoms with Gasteiger partial charge in [-0.15, -0.1) is 0 Å². The van der Waals surface area contributed by atoms with E-state index in [0.29, 0.717) is 0 Å². The van der Waals surface area contributed by atoms with Gasteiger partial charge in [-0.3, -0.25) is 0 Å². The lowest BCUT2D eigenvalue weighted by atomic mass is 9.81. The standard InChI is InChI=1S/C14H22O/c1-5-14(3,4)13-8-6-12(7-9-13)11(2)10-15/h6-9,11,15H,5,10H2,1-4H3. The molecule has 0 heterocycles. The van der Waals surface area contributed by atoms with E-state index < -0.39 is 0 Å². The molecular formula is C14H22O. The summed E-state index contributed by atoms with van der Waals surface area (Å²) < 4.78 is 0. The molecule has 1 heteroatoms. The molecule has 1 aromatic rings. The molecule has 1 N–H and O–H groups in total. The van der Waals surface area contributed by atoms with E-state index in [1.54, 1.807) is 0 Å². The van der Waals surface area contributed by atoms with Gasteiger partial charge < -0.3 is 5.11 Å². The Morgan fingerprint density at radius 2 is 1.73 bits per heavy atom. The molecule has 1 unspecified atom stereocenters. The summed E-state index contributed by atoms with van der Waals surface area (Å²) in [5.74, 6) is 0.240. The largest absolute Gasteiger partial charge is 0.396 e. The van der Waals surface area contributed by atoms with Crippen molar-refractivity contribution in [2.75, 3.05) is 6.61 Å². The molecule has 0 aliphatic carbocycles. The van der Waals surface area contributed by atoms with Crippen molar-refractivity contribution in [3.63, 3.8) is 0 Å². The van der Waals surface area contributed by atoms with Crippen LogP contribution in [0.5, 0.6) is 0 Å². The second-order valence-corrected chi connectivity index (χ2v) is 4.94. The lowest BCUT2D eigenvalue weighted by Gasteiger charge is -2.23. The predicted octanol–water partition coefficient (Wildman–Crippen LogP) is 3.47. The van der Waals surface area contributed by atoms with Crippen molar-refractivity contribution in [1.82, 2.24) is 0 Å². The molecule has 1 atom stereocenters. The number of hydrogen-bond acceptors (Lipinski definition) is 1. The molecule has 0 spiro atoms. The maximum Gasteiger partial charge on any atom is 0.0497 e. The van der Waals surface area contributed by atoms with Crippen LogP contribution in [-0.4, -0.2) is 11.7 Å². The van der Waals surface area contributed by atoms with Gasteiger partial charge in [-0.05, 0) is 23.0 Å². The maximum atomic E-state index is 9.06. The fourth-order valence-corrected chi connectivity index (χ4v) is 1.57. The quantitative estimate of drug-likeness (QED) is 0.799. The summed E-state index contributed by atoms with van der Waals surface area (Å²) in [6, 6.07) is 8.64. The van der Waals surface area contributed by atoms with Gasteiger partial charge in [-0.25, -0.2) is 0 Å². The predicted molar refractivity (Wildman–Crippen MR) is 65.3 cm³/mol. The highest BCUT2D eigenvalue weighted by Gasteiger charge is 2.17. The third-order valence-electron chi connectivity index (χ3n) is 3.42. The van der Waals surface area contributed by atoms with Crippen LogP contribution in [0.2, 0.25) is 0 Å². The third kappa shape index (κ3) is 2.82. The Kier molecular flexibility index (Phi) is 3.92. The van der Waals surface area contributed by atoms with E-state index in [1.165, 1.54) is 11.1 Å². The van der Waals surface area contributed by atoms with Crippen LogP contribution in [0.15, 0.2) is 24.3 Å². The average Bonchev–Trinajstić information content (AvgIpc) is 2.28. The Hall–Kier alpha value is -0.820. The lowest BCUT2D eigenvalue weighted by molar-refractivity contribution is 0.273. The minimum atomic E-state index is 0.219. The van der Waals surface area contributed by atoms with Gasteiger partial charge in [0.15, 0.2) is 0 Å². The Bertz CT molecular complexity index is 298. The Morgan fingerprint density at radius 3 is 2.13 bits per heavy atom. The van der Waals surface area contributed by atoms with Gasteiger partial charge in [-0.1, -0.05) is 52.0 Å². The molecule has 0 aliphatic heterocycles. The number of aliphatic hydroxyl groups is 1. The van der Waals surface area contributed by atoms with E-state index in [-0.39, 0.29) is 17.9 Å². The molecule has 15 heavy (non-hydrogen) atoms. The molecule has 0 amide bonds. The van der Waals surface area contributed by atoms with Gasteiger partial charge >= 0.3 is 0 Å². The van der Waals surface area contributed by atoms with Crippen molar-refractivity contribution in [3.05, 3.63) is 35.4 Å². The van der Waals surface area contributed by atoms with Gasteiger partial charge in [0.2, 0.25) is 0 Å². The molecule has 1 rings (SSSR count). The van der Waals surface area contributed by atoms with Crippen LogP contribution in [0, 0.1) is 0 Å². The first-order valence-electron chi connectivity index (χ1n) is 5.72. The van der Waals surface area contributed by atoms with Crippen molar-refractivity contribution in [3.8, 4) is 0 Å². The van der Waals surface area contributed by atoms with Crippen LogP contribution in [-0.2, 0) is 5.41 Å². The van der Waals surface area contributed by atoms with Crippen molar-refractivity contribution >= 4 is 0 Å². The van der Waals surface area contributed by atoms with E-state index in [2.05, 4.69) is 45.0 Å². The number of hydrogen-bond donors (Lipinski definition) is 1. The highest BCUT2D eigenvalue weighted by molar-refractivity contribution is 5.29. The molecule has 0 aromatic heterocycles. The van der Waals surface area contributed by atoms with Crippen molar-refractivity contribution in [2.45, 2.75) is 45.4 Å². The van der Waals surface area contributed by atoms with E-state index in [1.807, 2.05) is 6.92 Å². The van der Waals surface area contributed by atoms with Crippen molar-refractivity contribution in [1.29, 1.82) is 0 Å².